The van der Waals surface area contributed by atoms with Crippen molar-refractivity contribution in [1.82, 2.24) is 0 Å². The first-order valence-corrected chi connectivity index (χ1v) is 16.2. The van der Waals surface area contributed by atoms with Gasteiger partial charge in [-0.25, -0.2) is 9.18 Å². The van der Waals surface area contributed by atoms with Gasteiger partial charge in [-0.15, -0.1) is 24.8 Å². The van der Waals surface area contributed by atoms with E-state index in [4.69, 9.17) is 10.5 Å². The number of halogens is 3. The molecule has 0 bridgehead atoms. The van der Waals surface area contributed by atoms with Gasteiger partial charge >= 0.3 is 5.97 Å². The Morgan fingerprint density at radius 1 is 1.00 bits per heavy atom. The largest absolute Gasteiger partial charge is 0.465 e. The Hall–Kier alpha value is -1.36. The molecule has 5 aliphatic rings. The minimum absolute atomic E-state index is 0. The van der Waals surface area contributed by atoms with Crippen molar-refractivity contribution in [2.24, 2.45) is 62.9 Å². The molecule has 1 unspecified atom stereocenters. The summed E-state index contributed by atoms with van der Waals surface area (Å²) in [7, 11) is 1.29. The molecule has 4 saturated carbocycles. The third-order valence-corrected chi connectivity index (χ3v) is 14.3. The predicted molar refractivity (Wildman–Crippen MR) is 179 cm³/mol. The lowest BCUT2D eigenvalue weighted by Crippen LogP contribution is -2.64. The summed E-state index contributed by atoms with van der Waals surface area (Å²) >= 11 is 0. The monoisotopic (exact) mass is 633 g/mol. The number of methoxy groups -OCH3 is 1. The number of fused-ring (bicyclic) bond motifs is 7. The SMILES string of the molecule is C=C(C)[C@@H]1CC(N)[C@H]2CC[C@]3(C)[C@H](CC[C@@H]4[C@@]5(C)CC=C(c6ccc(C(=O)OC)c(F)c6)C(C)(C)[C@@H]5CC[C@]43C)[C@H]21.Cl.Cl. The number of esters is 1. The molecule has 3 nitrogen and oxygen atoms in total. The number of hydrogen-bond donors (Lipinski definition) is 1. The van der Waals surface area contributed by atoms with Crippen LogP contribution in [0.15, 0.2) is 36.4 Å². The molecule has 0 aromatic heterocycles. The van der Waals surface area contributed by atoms with Crippen molar-refractivity contribution in [2.45, 2.75) is 99.0 Å². The Morgan fingerprint density at radius 3 is 2.30 bits per heavy atom. The zero-order valence-electron chi connectivity index (χ0n) is 27.3. The number of allylic oxidation sites excluding steroid dienone is 3. The maximum absolute atomic E-state index is 15.0. The molecule has 0 amide bonds. The Bertz CT molecular complexity index is 1310. The molecule has 5 aliphatic carbocycles. The average molecular weight is 635 g/mol. The maximum atomic E-state index is 15.0. The van der Waals surface area contributed by atoms with Gasteiger partial charge in [0.1, 0.15) is 5.82 Å². The summed E-state index contributed by atoms with van der Waals surface area (Å²) in [6.45, 7) is 19.4. The first-order chi connectivity index (χ1) is 19.2. The summed E-state index contributed by atoms with van der Waals surface area (Å²) in [5, 5.41) is 0. The molecule has 0 heterocycles. The zero-order valence-corrected chi connectivity index (χ0v) is 28.9. The van der Waals surface area contributed by atoms with Gasteiger partial charge in [-0.2, -0.15) is 0 Å². The molecule has 2 N–H and O–H groups in total. The Labute approximate surface area is 271 Å². The Kier molecular flexibility index (Phi) is 9.20. The molecular weight excluding hydrogens is 580 g/mol. The van der Waals surface area contributed by atoms with E-state index in [9.17, 15) is 4.79 Å². The van der Waals surface area contributed by atoms with Crippen molar-refractivity contribution in [1.29, 1.82) is 0 Å². The smallest absolute Gasteiger partial charge is 0.340 e. The summed E-state index contributed by atoms with van der Waals surface area (Å²) in [4.78, 5) is 12.0. The zero-order chi connectivity index (χ0) is 29.7. The highest BCUT2D eigenvalue weighted by molar-refractivity contribution is 5.90. The van der Waals surface area contributed by atoms with Crippen LogP contribution >= 0.6 is 24.8 Å². The van der Waals surface area contributed by atoms with Crippen LogP contribution in [0.4, 0.5) is 4.39 Å². The van der Waals surface area contributed by atoms with Crippen molar-refractivity contribution < 1.29 is 13.9 Å². The van der Waals surface area contributed by atoms with Crippen molar-refractivity contribution in [3.63, 3.8) is 0 Å². The van der Waals surface area contributed by atoms with Crippen LogP contribution in [0.3, 0.4) is 0 Å². The highest BCUT2D eigenvalue weighted by Crippen LogP contribution is 2.76. The number of carbonyl (C=O) groups excluding carboxylic acids is 1. The van der Waals surface area contributed by atoms with Gasteiger partial charge in [0.15, 0.2) is 0 Å². The van der Waals surface area contributed by atoms with Gasteiger partial charge in [0.25, 0.3) is 0 Å². The number of benzene rings is 1. The lowest BCUT2D eigenvalue weighted by Gasteiger charge is -2.71. The first-order valence-electron chi connectivity index (χ1n) is 16.2. The number of ether oxygens (including phenoxy) is 1. The van der Waals surface area contributed by atoms with E-state index in [1.807, 2.05) is 6.07 Å². The van der Waals surface area contributed by atoms with Gasteiger partial charge in [-0.1, -0.05) is 58.9 Å². The van der Waals surface area contributed by atoms with Crippen LogP contribution in [-0.4, -0.2) is 19.1 Å². The van der Waals surface area contributed by atoms with Gasteiger partial charge < -0.3 is 10.5 Å². The summed E-state index contributed by atoms with van der Waals surface area (Å²) < 4.78 is 19.8. The van der Waals surface area contributed by atoms with Crippen LogP contribution < -0.4 is 5.73 Å². The molecule has 1 aromatic carbocycles. The normalized spacial score (nSPS) is 42.4. The van der Waals surface area contributed by atoms with Crippen LogP contribution in [0.25, 0.3) is 5.57 Å². The van der Waals surface area contributed by atoms with E-state index < -0.39 is 11.8 Å². The molecule has 10 atom stereocenters. The molecule has 0 saturated heterocycles. The summed E-state index contributed by atoms with van der Waals surface area (Å²) in [5.41, 5.74) is 11.0. The minimum atomic E-state index is -0.627. The fourth-order valence-electron chi connectivity index (χ4n) is 12.3. The van der Waals surface area contributed by atoms with E-state index in [1.165, 1.54) is 56.8 Å². The molecule has 240 valence electrons. The lowest BCUT2D eigenvalue weighted by atomic mass is 9.33. The van der Waals surface area contributed by atoms with E-state index in [0.29, 0.717) is 46.5 Å². The van der Waals surface area contributed by atoms with Crippen molar-refractivity contribution in [3.05, 3.63) is 53.4 Å². The fraction of sp³-hybridized carbons (Fsp3) is 0.703. The van der Waals surface area contributed by atoms with Gasteiger partial charge in [-0.3, -0.25) is 0 Å². The third-order valence-electron chi connectivity index (χ3n) is 14.3. The quantitative estimate of drug-likeness (QED) is 0.266. The molecule has 0 aliphatic heterocycles. The molecule has 6 heteroatoms. The maximum Gasteiger partial charge on any atom is 0.340 e. The second-order valence-electron chi connectivity index (χ2n) is 16.0. The van der Waals surface area contributed by atoms with Gasteiger partial charge in [0, 0.05) is 6.04 Å². The van der Waals surface area contributed by atoms with Crippen LogP contribution in [0.2, 0.25) is 0 Å². The highest BCUT2D eigenvalue weighted by Gasteiger charge is 2.68. The number of nitrogens with two attached hydrogens (primary N) is 1. The molecule has 0 radical (unpaired) electrons. The Balaban J connectivity index is 0.00000212. The summed E-state index contributed by atoms with van der Waals surface area (Å²) in [6.07, 6.45) is 12.2. The van der Waals surface area contributed by atoms with Gasteiger partial charge in [0.2, 0.25) is 0 Å². The lowest BCUT2D eigenvalue weighted by molar-refractivity contribution is -0.215. The van der Waals surface area contributed by atoms with Crippen molar-refractivity contribution >= 4 is 36.4 Å². The fourth-order valence-corrected chi connectivity index (χ4v) is 12.3. The number of rotatable bonds is 3. The van der Waals surface area contributed by atoms with E-state index in [2.05, 4.69) is 54.2 Å². The van der Waals surface area contributed by atoms with E-state index >= 15 is 4.39 Å². The van der Waals surface area contributed by atoms with Crippen LogP contribution in [-0.2, 0) is 4.74 Å². The van der Waals surface area contributed by atoms with Crippen molar-refractivity contribution in [2.75, 3.05) is 7.11 Å². The first kappa shape index (κ1) is 34.5. The second kappa shape index (κ2) is 11.5. The molecule has 6 rings (SSSR count). The third kappa shape index (κ3) is 4.70. The van der Waals surface area contributed by atoms with Crippen LogP contribution in [0, 0.1) is 63.0 Å². The van der Waals surface area contributed by atoms with Gasteiger partial charge in [0.05, 0.1) is 12.7 Å². The molecular formula is C37H54Cl2FNO2. The number of hydrogen-bond acceptors (Lipinski definition) is 3. The van der Waals surface area contributed by atoms with E-state index in [0.717, 1.165) is 24.3 Å². The topological polar surface area (TPSA) is 52.3 Å². The van der Waals surface area contributed by atoms with Crippen LogP contribution in [0.1, 0.15) is 109 Å². The summed E-state index contributed by atoms with van der Waals surface area (Å²) in [5.74, 6) is 2.73. The van der Waals surface area contributed by atoms with E-state index in [-0.39, 0.29) is 41.2 Å². The van der Waals surface area contributed by atoms with Gasteiger partial charge in [-0.05, 0) is 139 Å². The van der Waals surface area contributed by atoms with Crippen LogP contribution in [0.5, 0.6) is 0 Å². The highest BCUT2D eigenvalue weighted by atomic mass is 35.5. The molecule has 0 spiro atoms. The second-order valence-corrected chi connectivity index (χ2v) is 16.0. The summed E-state index contributed by atoms with van der Waals surface area (Å²) in [6, 6.07) is 5.38. The standard InChI is InChI=1S/C37H52FNO2.2ClH/c1-21(2)25-20-29(39)24-13-17-36(6)27(32(24)25)11-12-31-35(5)16-14-26(34(3,4)30(35)15-18-37(31,36)7)22-9-10-23(28(38)19-22)33(40)41-8;;/h9-10,14,19,24-25,27,29-32H,1,11-13,15-18,20,39H2,2-8H3;2*1H/t24-,25+,27-,29?,30+,31-,32-,35+,36-,37-;;/m1../s1. The minimum Gasteiger partial charge on any atom is -0.465 e. The number of carbonyl (C=O) groups is 1. The Morgan fingerprint density at radius 2 is 1.67 bits per heavy atom. The molecule has 4 fully saturated rings. The van der Waals surface area contributed by atoms with E-state index in [1.54, 1.807) is 12.1 Å². The predicted octanol–water partition coefficient (Wildman–Crippen LogP) is 9.67. The van der Waals surface area contributed by atoms with Crippen molar-refractivity contribution in [3.8, 4) is 0 Å². The average Bonchev–Trinajstić information content (AvgIpc) is 3.25. The molecule has 1 aromatic rings. The molecule has 43 heavy (non-hydrogen) atoms.